The van der Waals surface area contributed by atoms with E-state index in [2.05, 4.69) is 11.1 Å². The molecule has 0 fully saturated rings. The average molecular weight is 336 g/mol. The summed E-state index contributed by atoms with van der Waals surface area (Å²) in [6.45, 7) is 5.78. The van der Waals surface area contributed by atoms with Crippen LogP contribution in [-0.2, 0) is 5.75 Å². The fourth-order valence-corrected chi connectivity index (χ4v) is 3.74. The van der Waals surface area contributed by atoms with E-state index in [0.717, 1.165) is 27.8 Å². The number of rotatable bonds is 3. The lowest BCUT2D eigenvalue weighted by Gasteiger charge is -2.09. The molecule has 0 aliphatic carbocycles. The number of fused-ring (bicyclic) bond motifs is 1. The molecule has 2 aromatic heterocycles. The molecule has 120 valence electrons. The van der Waals surface area contributed by atoms with Crippen LogP contribution in [0.15, 0.2) is 44.6 Å². The first-order chi connectivity index (χ1) is 11.5. The van der Waals surface area contributed by atoms with Crippen molar-refractivity contribution in [3.63, 3.8) is 0 Å². The van der Waals surface area contributed by atoms with Gasteiger partial charge in [-0.2, -0.15) is 5.26 Å². The molecule has 0 saturated heterocycles. The molecule has 1 aromatic carbocycles. The maximum atomic E-state index is 11.8. The number of aryl methyl sites for hydroxylation is 3. The molecule has 0 spiro atoms. The summed E-state index contributed by atoms with van der Waals surface area (Å²) in [6.07, 6.45) is 0. The zero-order valence-electron chi connectivity index (χ0n) is 13.7. The van der Waals surface area contributed by atoms with Crippen molar-refractivity contribution in [2.45, 2.75) is 31.6 Å². The van der Waals surface area contributed by atoms with Crippen molar-refractivity contribution in [3.05, 3.63) is 68.7 Å². The number of pyridine rings is 1. The van der Waals surface area contributed by atoms with Crippen LogP contribution < -0.4 is 5.63 Å². The Kier molecular flexibility index (Phi) is 4.41. The Hall–Kier alpha value is -2.58. The van der Waals surface area contributed by atoms with Crippen molar-refractivity contribution in [2.24, 2.45) is 0 Å². The van der Waals surface area contributed by atoms with Crippen LogP contribution in [0.5, 0.6) is 0 Å². The smallest absolute Gasteiger partial charge is 0.336 e. The molecule has 0 N–H and O–H groups in total. The lowest BCUT2D eigenvalue weighted by Crippen LogP contribution is -2.01. The molecule has 3 rings (SSSR count). The fourth-order valence-electron chi connectivity index (χ4n) is 2.65. The van der Waals surface area contributed by atoms with Gasteiger partial charge in [0.05, 0.1) is 5.56 Å². The Morgan fingerprint density at radius 3 is 2.75 bits per heavy atom. The van der Waals surface area contributed by atoms with E-state index in [0.29, 0.717) is 21.9 Å². The SMILES string of the molecule is Cc1ccc2c(CSc3nc(C)cc(C)c3C#N)cc(=O)oc2c1. The third kappa shape index (κ3) is 3.19. The minimum atomic E-state index is -0.363. The predicted molar refractivity (Wildman–Crippen MR) is 95.2 cm³/mol. The van der Waals surface area contributed by atoms with E-state index in [1.165, 1.54) is 17.8 Å². The molecule has 0 atom stereocenters. The topological polar surface area (TPSA) is 66.9 Å². The van der Waals surface area contributed by atoms with Gasteiger partial charge >= 0.3 is 5.63 Å². The van der Waals surface area contributed by atoms with Gasteiger partial charge in [-0.25, -0.2) is 9.78 Å². The van der Waals surface area contributed by atoms with Crippen molar-refractivity contribution < 1.29 is 4.42 Å². The second kappa shape index (κ2) is 6.50. The third-order valence-corrected chi connectivity index (χ3v) is 4.80. The Bertz CT molecular complexity index is 1030. The van der Waals surface area contributed by atoms with E-state index >= 15 is 0 Å². The Morgan fingerprint density at radius 2 is 2.00 bits per heavy atom. The van der Waals surface area contributed by atoms with Crippen LogP contribution >= 0.6 is 11.8 Å². The molecular formula is C19H16N2O2S. The van der Waals surface area contributed by atoms with Gasteiger partial charge in [-0.3, -0.25) is 0 Å². The zero-order chi connectivity index (χ0) is 17.3. The molecule has 0 saturated carbocycles. The molecule has 2 heterocycles. The van der Waals surface area contributed by atoms with E-state index in [1.54, 1.807) is 0 Å². The third-order valence-electron chi connectivity index (χ3n) is 3.77. The molecule has 5 heteroatoms. The summed E-state index contributed by atoms with van der Waals surface area (Å²) in [6, 6.07) is 11.4. The number of thioether (sulfide) groups is 1. The van der Waals surface area contributed by atoms with E-state index in [-0.39, 0.29) is 5.63 Å². The molecule has 0 aliphatic heterocycles. The normalized spacial score (nSPS) is 10.8. The lowest BCUT2D eigenvalue weighted by atomic mass is 10.1. The van der Waals surface area contributed by atoms with E-state index < -0.39 is 0 Å². The first-order valence-corrected chi connectivity index (χ1v) is 8.51. The predicted octanol–water partition coefficient (Wildman–Crippen LogP) is 4.28. The number of hydrogen-bond donors (Lipinski definition) is 0. The summed E-state index contributed by atoms with van der Waals surface area (Å²) in [4.78, 5) is 16.3. The van der Waals surface area contributed by atoms with Gasteiger partial charge in [0.1, 0.15) is 16.7 Å². The maximum Gasteiger partial charge on any atom is 0.336 e. The van der Waals surface area contributed by atoms with Gasteiger partial charge in [0.2, 0.25) is 0 Å². The lowest BCUT2D eigenvalue weighted by molar-refractivity contribution is 0.559. The molecule has 3 aromatic rings. The van der Waals surface area contributed by atoms with Crippen LogP contribution in [0.4, 0.5) is 0 Å². The van der Waals surface area contributed by atoms with E-state index in [4.69, 9.17) is 4.42 Å². The Balaban J connectivity index is 2.01. The summed E-state index contributed by atoms with van der Waals surface area (Å²) < 4.78 is 5.29. The highest BCUT2D eigenvalue weighted by Gasteiger charge is 2.12. The van der Waals surface area contributed by atoms with Gasteiger partial charge in [-0.15, -0.1) is 11.8 Å². The number of hydrogen-bond acceptors (Lipinski definition) is 5. The largest absolute Gasteiger partial charge is 0.423 e. The average Bonchev–Trinajstić information content (AvgIpc) is 2.51. The van der Waals surface area contributed by atoms with Gasteiger partial charge in [-0.1, -0.05) is 12.1 Å². The van der Waals surface area contributed by atoms with Crippen LogP contribution in [0, 0.1) is 32.1 Å². The van der Waals surface area contributed by atoms with Crippen LogP contribution in [0.3, 0.4) is 0 Å². The van der Waals surface area contributed by atoms with Crippen molar-refractivity contribution in [3.8, 4) is 6.07 Å². The monoisotopic (exact) mass is 336 g/mol. The van der Waals surface area contributed by atoms with Crippen LogP contribution in [0.25, 0.3) is 11.0 Å². The Morgan fingerprint density at radius 1 is 1.21 bits per heavy atom. The van der Waals surface area contributed by atoms with Crippen molar-refractivity contribution in [1.29, 1.82) is 5.26 Å². The second-order valence-electron chi connectivity index (χ2n) is 5.75. The van der Waals surface area contributed by atoms with E-state index in [1.807, 2.05) is 45.0 Å². The number of nitriles is 1. The van der Waals surface area contributed by atoms with Gasteiger partial charge in [0.15, 0.2) is 0 Å². The molecule has 0 amide bonds. The highest BCUT2D eigenvalue weighted by Crippen LogP contribution is 2.29. The van der Waals surface area contributed by atoms with Crippen molar-refractivity contribution in [2.75, 3.05) is 0 Å². The highest BCUT2D eigenvalue weighted by atomic mass is 32.2. The summed E-state index contributed by atoms with van der Waals surface area (Å²) >= 11 is 1.47. The standard InChI is InChI=1S/C19H16N2O2S/c1-11-4-5-15-14(8-18(22)23-17(15)6-11)10-24-19-16(9-20)12(2)7-13(3)21-19/h4-8H,10H2,1-3H3. The van der Waals surface area contributed by atoms with Gasteiger partial charge < -0.3 is 4.42 Å². The van der Waals surface area contributed by atoms with Gasteiger partial charge in [0, 0.05) is 22.9 Å². The first kappa shape index (κ1) is 16.3. The second-order valence-corrected chi connectivity index (χ2v) is 6.72. The molecule has 4 nitrogen and oxygen atoms in total. The zero-order valence-corrected chi connectivity index (χ0v) is 14.5. The van der Waals surface area contributed by atoms with Crippen LogP contribution in [0.1, 0.15) is 27.9 Å². The summed E-state index contributed by atoms with van der Waals surface area (Å²) in [5, 5.41) is 11.0. The number of benzene rings is 1. The minimum Gasteiger partial charge on any atom is -0.423 e. The Labute approximate surface area is 144 Å². The van der Waals surface area contributed by atoms with Crippen LogP contribution in [0.2, 0.25) is 0 Å². The molecular weight excluding hydrogens is 320 g/mol. The summed E-state index contributed by atoms with van der Waals surface area (Å²) in [7, 11) is 0. The minimum absolute atomic E-state index is 0.363. The molecule has 0 unspecified atom stereocenters. The summed E-state index contributed by atoms with van der Waals surface area (Å²) in [5.41, 5.74) is 4.54. The highest BCUT2D eigenvalue weighted by molar-refractivity contribution is 7.98. The fraction of sp³-hybridized carbons (Fsp3) is 0.211. The first-order valence-electron chi connectivity index (χ1n) is 7.52. The number of aromatic nitrogens is 1. The van der Waals surface area contributed by atoms with Gasteiger partial charge in [-0.05, 0) is 49.6 Å². The van der Waals surface area contributed by atoms with Crippen molar-refractivity contribution >= 4 is 22.7 Å². The quantitative estimate of drug-likeness (QED) is 0.527. The molecule has 0 aliphatic rings. The molecule has 0 radical (unpaired) electrons. The molecule has 0 bridgehead atoms. The maximum absolute atomic E-state index is 11.8. The van der Waals surface area contributed by atoms with E-state index in [9.17, 15) is 10.1 Å². The van der Waals surface area contributed by atoms with Crippen molar-refractivity contribution in [1.82, 2.24) is 4.98 Å². The van der Waals surface area contributed by atoms with Gasteiger partial charge in [0.25, 0.3) is 0 Å². The number of nitrogens with zero attached hydrogens (tertiary/aromatic N) is 2. The molecule has 24 heavy (non-hydrogen) atoms. The summed E-state index contributed by atoms with van der Waals surface area (Å²) in [5.74, 6) is 0.551. The van der Waals surface area contributed by atoms with Crippen LogP contribution in [-0.4, -0.2) is 4.98 Å².